The van der Waals surface area contributed by atoms with Crippen molar-refractivity contribution in [1.29, 1.82) is 0 Å². The Morgan fingerprint density at radius 2 is 2.11 bits per heavy atom. The van der Waals surface area contributed by atoms with Gasteiger partial charge in [-0.05, 0) is 12.1 Å². The largest absolute Gasteiger partial charge is 0.496 e. The van der Waals surface area contributed by atoms with Crippen LogP contribution in [0.1, 0.15) is 0 Å². The quantitative estimate of drug-likeness (QED) is 0.669. The monoisotopic (exact) mass is 261 g/mol. The van der Waals surface area contributed by atoms with Gasteiger partial charge >= 0.3 is 5.69 Å². The second kappa shape index (κ2) is 5.21. The highest BCUT2D eigenvalue weighted by atomic mass is 16.6. The van der Waals surface area contributed by atoms with Gasteiger partial charge in [0.2, 0.25) is 5.75 Å². The average molecular weight is 261 g/mol. The van der Waals surface area contributed by atoms with E-state index in [1.165, 1.54) is 37.7 Å². The Morgan fingerprint density at radius 1 is 1.32 bits per heavy atom. The minimum Gasteiger partial charge on any atom is -0.496 e. The summed E-state index contributed by atoms with van der Waals surface area (Å²) in [4.78, 5) is 14.3. The molecule has 1 aromatic heterocycles. The summed E-state index contributed by atoms with van der Waals surface area (Å²) in [6.07, 6.45) is 2.89. The average Bonchev–Trinajstić information content (AvgIpc) is 2.41. The standard InChI is InChI=1S/C12H11N3O4/c1-18-8-2-3-12(10(6-8)15(16)17)19-11-4-5-14-7-9(11)13/h2-7H,13H2,1H3. The number of nitrogen functional groups attached to an aromatic ring is 1. The summed E-state index contributed by atoms with van der Waals surface area (Å²) in [6, 6.07) is 5.84. The number of nitrogens with two attached hydrogens (primary N) is 1. The molecule has 1 aromatic carbocycles. The predicted octanol–water partition coefficient (Wildman–Crippen LogP) is 2.37. The summed E-state index contributed by atoms with van der Waals surface area (Å²) >= 11 is 0. The molecule has 0 saturated carbocycles. The smallest absolute Gasteiger partial charge is 0.315 e. The lowest BCUT2D eigenvalue weighted by Gasteiger charge is -2.09. The molecule has 0 radical (unpaired) electrons. The number of hydrogen-bond acceptors (Lipinski definition) is 6. The Labute approximate surface area is 108 Å². The van der Waals surface area contributed by atoms with Crippen LogP contribution < -0.4 is 15.2 Å². The van der Waals surface area contributed by atoms with Crippen LogP contribution in [0, 0.1) is 10.1 Å². The Morgan fingerprint density at radius 3 is 2.74 bits per heavy atom. The highest BCUT2D eigenvalue weighted by Gasteiger charge is 2.17. The van der Waals surface area contributed by atoms with E-state index in [-0.39, 0.29) is 11.4 Å². The van der Waals surface area contributed by atoms with Crippen LogP contribution in [0.25, 0.3) is 0 Å². The number of aromatic nitrogens is 1. The molecular formula is C12H11N3O4. The van der Waals surface area contributed by atoms with Crippen molar-refractivity contribution in [1.82, 2.24) is 4.98 Å². The fourth-order valence-electron chi connectivity index (χ4n) is 1.46. The molecule has 2 aromatic rings. The Kier molecular flexibility index (Phi) is 3.46. The number of nitro benzene ring substituents is 1. The number of pyridine rings is 1. The Balaban J connectivity index is 2.40. The van der Waals surface area contributed by atoms with Gasteiger partial charge in [0.15, 0.2) is 5.75 Å². The molecule has 0 bridgehead atoms. The van der Waals surface area contributed by atoms with Crippen molar-refractivity contribution in [2.45, 2.75) is 0 Å². The van der Waals surface area contributed by atoms with Crippen LogP contribution >= 0.6 is 0 Å². The molecule has 2 rings (SSSR count). The zero-order valence-corrected chi connectivity index (χ0v) is 10.1. The minimum absolute atomic E-state index is 0.0868. The molecule has 98 valence electrons. The number of ether oxygens (including phenoxy) is 2. The van der Waals surface area contributed by atoms with E-state index in [0.29, 0.717) is 17.2 Å². The van der Waals surface area contributed by atoms with Crippen molar-refractivity contribution in [3.8, 4) is 17.2 Å². The van der Waals surface area contributed by atoms with Gasteiger partial charge in [0.1, 0.15) is 5.75 Å². The SMILES string of the molecule is COc1ccc(Oc2ccncc2N)c([N+](=O)[O-])c1. The number of nitro groups is 1. The molecule has 0 unspecified atom stereocenters. The van der Waals surface area contributed by atoms with Gasteiger partial charge in [0.25, 0.3) is 0 Å². The van der Waals surface area contributed by atoms with E-state index in [4.69, 9.17) is 15.2 Å². The van der Waals surface area contributed by atoms with Gasteiger partial charge in [-0.15, -0.1) is 0 Å². The topological polar surface area (TPSA) is 101 Å². The third-order valence-corrected chi connectivity index (χ3v) is 2.39. The van der Waals surface area contributed by atoms with Crippen LogP contribution in [0.15, 0.2) is 36.7 Å². The van der Waals surface area contributed by atoms with Crippen molar-refractivity contribution >= 4 is 11.4 Å². The highest BCUT2D eigenvalue weighted by Crippen LogP contribution is 2.35. The first kappa shape index (κ1) is 12.6. The summed E-state index contributed by atoms with van der Waals surface area (Å²) in [5, 5.41) is 11.0. The molecule has 0 aliphatic rings. The predicted molar refractivity (Wildman–Crippen MR) is 68.4 cm³/mol. The molecule has 7 nitrogen and oxygen atoms in total. The second-order valence-corrected chi connectivity index (χ2v) is 3.61. The Bertz CT molecular complexity index is 616. The summed E-state index contributed by atoms with van der Waals surface area (Å²) in [7, 11) is 1.43. The van der Waals surface area contributed by atoms with E-state index in [9.17, 15) is 10.1 Å². The molecule has 7 heteroatoms. The number of benzene rings is 1. The Hall–Kier alpha value is -2.83. The maximum absolute atomic E-state index is 11.0. The van der Waals surface area contributed by atoms with E-state index in [0.717, 1.165) is 0 Å². The van der Waals surface area contributed by atoms with Crippen molar-refractivity contribution in [3.05, 3.63) is 46.8 Å². The van der Waals surface area contributed by atoms with Crippen molar-refractivity contribution in [3.63, 3.8) is 0 Å². The lowest BCUT2D eigenvalue weighted by Crippen LogP contribution is -1.97. The normalized spacial score (nSPS) is 9.95. The maximum Gasteiger partial charge on any atom is 0.315 e. The fourth-order valence-corrected chi connectivity index (χ4v) is 1.46. The third kappa shape index (κ3) is 2.71. The fraction of sp³-hybridized carbons (Fsp3) is 0.0833. The number of anilines is 1. The summed E-state index contributed by atoms with van der Waals surface area (Å²) < 4.78 is 10.4. The first-order valence-corrected chi connectivity index (χ1v) is 5.31. The highest BCUT2D eigenvalue weighted by molar-refractivity contribution is 5.56. The molecule has 0 spiro atoms. The number of hydrogen-bond donors (Lipinski definition) is 1. The number of methoxy groups -OCH3 is 1. The van der Waals surface area contributed by atoms with Crippen LogP contribution in [0.5, 0.6) is 17.2 Å². The van der Waals surface area contributed by atoms with Gasteiger partial charge in [-0.1, -0.05) is 0 Å². The zero-order valence-electron chi connectivity index (χ0n) is 10.1. The van der Waals surface area contributed by atoms with Gasteiger partial charge in [-0.25, -0.2) is 0 Å². The molecule has 0 aliphatic carbocycles. The van der Waals surface area contributed by atoms with Crippen LogP contribution in [0.2, 0.25) is 0 Å². The van der Waals surface area contributed by atoms with E-state index < -0.39 is 4.92 Å². The lowest BCUT2D eigenvalue weighted by molar-refractivity contribution is -0.385. The molecule has 0 atom stereocenters. The first-order chi connectivity index (χ1) is 9.11. The molecule has 2 N–H and O–H groups in total. The summed E-state index contributed by atoms with van der Waals surface area (Å²) in [5.41, 5.74) is 5.77. The number of nitrogens with zero attached hydrogens (tertiary/aromatic N) is 2. The van der Waals surface area contributed by atoms with Gasteiger partial charge in [-0.3, -0.25) is 15.1 Å². The van der Waals surface area contributed by atoms with Crippen LogP contribution in [0.3, 0.4) is 0 Å². The zero-order chi connectivity index (χ0) is 13.8. The van der Waals surface area contributed by atoms with E-state index >= 15 is 0 Å². The van der Waals surface area contributed by atoms with Gasteiger partial charge < -0.3 is 15.2 Å². The second-order valence-electron chi connectivity index (χ2n) is 3.61. The lowest BCUT2D eigenvalue weighted by atomic mass is 10.2. The third-order valence-electron chi connectivity index (χ3n) is 2.39. The molecule has 1 heterocycles. The minimum atomic E-state index is -0.546. The maximum atomic E-state index is 11.0. The van der Waals surface area contributed by atoms with Gasteiger partial charge in [0, 0.05) is 12.3 Å². The molecule has 0 amide bonds. The molecule has 0 saturated heterocycles. The van der Waals surface area contributed by atoms with E-state index in [2.05, 4.69) is 4.98 Å². The van der Waals surface area contributed by atoms with Gasteiger partial charge in [0.05, 0.1) is 30.0 Å². The van der Waals surface area contributed by atoms with E-state index in [1.807, 2.05) is 0 Å². The van der Waals surface area contributed by atoms with Crippen LogP contribution in [-0.4, -0.2) is 17.0 Å². The molecule has 19 heavy (non-hydrogen) atoms. The molecule has 0 aliphatic heterocycles. The van der Waals surface area contributed by atoms with E-state index in [1.54, 1.807) is 6.07 Å². The van der Waals surface area contributed by atoms with Crippen molar-refractivity contribution in [2.24, 2.45) is 0 Å². The van der Waals surface area contributed by atoms with Gasteiger partial charge in [-0.2, -0.15) is 0 Å². The first-order valence-electron chi connectivity index (χ1n) is 5.31. The van der Waals surface area contributed by atoms with Crippen molar-refractivity contribution in [2.75, 3.05) is 12.8 Å². The van der Waals surface area contributed by atoms with Crippen molar-refractivity contribution < 1.29 is 14.4 Å². The number of rotatable bonds is 4. The summed E-state index contributed by atoms with van der Waals surface area (Å²) in [6.45, 7) is 0. The van der Waals surface area contributed by atoms with Crippen LogP contribution in [-0.2, 0) is 0 Å². The molecular weight excluding hydrogens is 250 g/mol. The van der Waals surface area contributed by atoms with Crippen LogP contribution in [0.4, 0.5) is 11.4 Å². The molecule has 0 fully saturated rings. The summed E-state index contributed by atoms with van der Waals surface area (Å²) in [5.74, 6) is 0.772.